The first-order chi connectivity index (χ1) is 8.72. The highest BCUT2D eigenvalue weighted by Crippen LogP contribution is 2.21. The average molecular weight is 259 g/mol. The molecule has 18 heavy (non-hydrogen) atoms. The van der Waals surface area contributed by atoms with Gasteiger partial charge in [0, 0.05) is 34.7 Å². The van der Waals surface area contributed by atoms with Crippen LogP contribution in [-0.4, -0.2) is 4.57 Å². The van der Waals surface area contributed by atoms with Gasteiger partial charge in [-0.25, -0.2) is 4.39 Å². The first-order valence-corrected chi connectivity index (χ1v) is 6.01. The molecule has 3 aromatic rings. The maximum absolute atomic E-state index is 13.1. The van der Waals surface area contributed by atoms with Crippen molar-refractivity contribution in [2.45, 2.75) is 6.54 Å². The Labute approximate surface area is 109 Å². The second kappa shape index (κ2) is 4.46. The van der Waals surface area contributed by atoms with E-state index in [1.807, 2.05) is 35.0 Å². The average Bonchev–Trinajstić information content (AvgIpc) is 2.72. The van der Waals surface area contributed by atoms with E-state index in [4.69, 9.17) is 11.6 Å². The number of benzene rings is 2. The monoisotopic (exact) mass is 258 g/mol. The molecular formula is C15H10ClFN. The van der Waals surface area contributed by atoms with Crippen molar-refractivity contribution >= 4 is 22.5 Å². The van der Waals surface area contributed by atoms with Gasteiger partial charge in [0.1, 0.15) is 5.82 Å². The molecule has 1 radical (unpaired) electrons. The van der Waals surface area contributed by atoms with Crippen LogP contribution in [0.5, 0.6) is 0 Å². The minimum Gasteiger partial charge on any atom is -0.342 e. The maximum Gasteiger partial charge on any atom is 0.123 e. The molecule has 0 spiro atoms. The van der Waals surface area contributed by atoms with Crippen molar-refractivity contribution < 1.29 is 4.39 Å². The van der Waals surface area contributed by atoms with Gasteiger partial charge < -0.3 is 4.57 Å². The predicted octanol–water partition coefficient (Wildman–Crippen LogP) is 4.28. The zero-order valence-corrected chi connectivity index (χ0v) is 10.3. The summed E-state index contributed by atoms with van der Waals surface area (Å²) in [5.74, 6) is -0.212. The van der Waals surface area contributed by atoms with Crippen molar-refractivity contribution in [1.29, 1.82) is 0 Å². The van der Waals surface area contributed by atoms with Gasteiger partial charge in [-0.15, -0.1) is 0 Å². The van der Waals surface area contributed by atoms with Crippen molar-refractivity contribution in [3.8, 4) is 0 Å². The summed E-state index contributed by atoms with van der Waals surface area (Å²) in [4.78, 5) is 0. The first-order valence-electron chi connectivity index (χ1n) is 5.63. The summed E-state index contributed by atoms with van der Waals surface area (Å²) in [6.07, 6.45) is 1.87. The van der Waals surface area contributed by atoms with E-state index in [1.54, 1.807) is 12.1 Å². The molecule has 0 aliphatic heterocycles. The van der Waals surface area contributed by atoms with Gasteiger partial charge in [-0.1, -0.05) is 23.7 Å². The molecule has 0 aliphatic rings. The standard InChI is InChI=1S/C15H10ClFN/c16-13-4-5-15-12(9-13)6-7-18(15)10-11-2-1-3-14(17)8-11/h1-5,7-9H,10H2. The van der Waals surface area contributed by atoms with Crippen LogP contribution in [0.25, 0.3) is 10.9 Å². The normalized spacial score (nSPS) is 11.0. The highest BCUT2D eigenvalue weighted by Gasteiger charge is 2.03. The van der Waals surface area contributed by atoms with Crippen LogP contribution in [0.2, 0.25) is 5.02 Å². The molecule has 0 bridgehead atoms. The molecule has 0 N–H and O–H groups in total. The van der Waals surface area contributed by atoms with E-state index in [0.717, 1.165) is 16.5 Å². The Hall–Kier alpha value is -1.80. The third kappa shape index (κ3) is 2.12. The minimum absolute atomic E-state index is 0.212. The summed E-state index contributed by atoms with van der Waals surface area (Å²) in [5.41, 5.74) is 1.97. The summed E-state index contributed by atoms with van der Waals surface area (Å²) in [6.45, 7) is 0.624. The number of aromatic nitrogens is 1. The Balaban J connectivity index is 2.00. The summed E-state index contributed by atoms with van der Waals surface area (Å²) in [5, 5.41) is 1.67. The van der Waals surface area contributed by atoms with E-state index in [1.165, 1.54) is 6.07 Å². The lowest BCUT2D eigenvalue weighted by atomic mass is 10.2. The number of hydrogen-bond acceptors (Lipinski definition) is 0. The van der Waals surface area contributed by atoms with Crippen LogP contribution >= 0.6 is 11.6 Å². The minimum atomic E-state index is -0.212. The molecule has 1 nitrogen and oxygen atoms in total. The van der Waals surface area contributed by atoms with E-state index >= 15 is 0 Å². The second-order valence-corrected chi connectivity index (χ2v) is 4.63. The maximum atomic E-state index is 13.1. The summed E-state index contributed by atoms with van der Waals surface area (Å²) >= 11 is 5.93. The molecule has 1 heterocycles. The zero-order chi connectivity index (χ0) is 12.5. The predicted molar refractivity (Wildman–Crippen MR) is 71.3 cm³/mol. The van der Waals surface area contributed by atoms with Gasteiger partial charge in [-0.05, 0) is 35.9 Å². The fourth-order valence-electron chi connectivity index (χ4n) is 2.05. The Kier molecular flexibility index (Phi) is 2.80. The molecule has 0 amide bonds. The molecule has 89 valence electrons. The van der Waals surface area contributed by atoms with Gasteiger partial charge in [-0.2, -0.15) is 0 Å². The van der Waals surface area contributed by atoms with E-state index in [-0.39, 0.29) is 5.82 Å². The lowest BCUT2D eigenvalue weighted by molar-refractivity contribution is 0.624. The Morgan fingerprint density at radius 3 is 2.89 bits per heavy atom. The van der Waals surface area contributed by atoms with Crippen molar-refractivity contribution in [2.75, 3.05) is 0 Å². The van der Waals surface area contributed by atoms with Crippen molar-refractivity contribution in [1.82, 2.24) is 4.57 Å². The van der Waals surface area contributed by atoms with Gasteiger partial charge in [0.25, 0.3) is 0 Å². The first kappa shape index (κ1) is 11.3. The number of nitrogens with zero attached hydrogens (tertiary/aromatic N) is 1. The SMILES string of the molecule is Fc1cccc(Cn2c[c]c3cc(Cl)ccc32)c1. The smallest absolute Gasteiger partial charge is 0.123 e. The molecule has 0 saturated heterocycles. The Morgan fingerprint density at radius 2 is 2.06 bits per heavy atom. The summed E-state index contributed by atoms with van der Waals surface area (Å²) < 4.78 is 15.2. The van der Waals surface area contributed by atoms with E-state index in [0.29, 0.717) is 11.6 Å². The molecule has 0 unspecified atom stereocenters. The fourth-order valence-corrected chi connectivity index (χ4v) is 2.23. The zero-order valence-electron chi connectivity index (χ0n) is 9.53. The quantitative estimate of drug-likeness (QED) is 0.646. The number of fused-ring (bicyclic) bond motifs is 1. The summed E-state index contributed by atoms with van der Waals surface area (Å²) in [6, 6.07) is 15.4. The van der Waals surface area contributed by atoms with E-state index in [2.05, 4.69) is 6.07 Å². The number of hydrogen-bond donors (Lipinski definition) is 0. The highest BCUT2D eigenvalue weighted by atomic mass is 35.5. The van der Waals surface area contributed by atoms with Crippen LogP contribution < -0.4 is 0 Å². The lowest BCUT2D eigenvalue weighted by Gasteiger charge is -2.05. The summed E-state index contributed by atoms with van der Waals surface area (Å²) in [7, 11) is 0. The number of rotatable bonds is 2. The second-order valence-electron chi connectivity index (χ2n) is 4.19. The van der Waals surface area contributed by atoms with Crippen LogP contribution in [0, 0.1) is 11.9 Å². The van der Waals surface area contributed by atoms with Gasteiger partial charge >= 0.3 is 0 Å². The molecule has 0 atom stereocenters. The largest absolute Gasteiger partial charge is 0.342 e. The molecule has 0 aliphatic carbocycles. The molecule has 3 heteroatoms. The fraction of sp³-hybridized carbons (Fsp3) is 0.0667. The third-order valence-corrected chi connectivity index (χ3v) is 3.12. The molecule has 0 saturated carbocycles. The Bertz CT molecular complexity index is 703. The molecule has 0 fully saturated rings. The van der Waals surface area contributed by atoms with Crippen molar-refractivity contribution in [3.05, 3.63) is 71.1 Å². The van der Waals surface area contributed by atoms with Gasteiger partial charge in [-0.3, -0.25) is 0 Å². The van der Waals surface area contributed by atoms with Crippen LogP contribution in [0.1, 0.15) is 5.56 Å². The third-order valence-electron chi connectivity index (χ3n) is 2.89. The van der Waals surface area contributed by atoms with Crippen molar-refractivity contribution in [3.63, 3.8) is 0 Å². The Morgan fingerprint density at radius 1 is 1.17 bits per heavy atom. The van der Waals surface area contributed by atoms with Gasteiger partial charge in [0.05, 0.1) is 0 Å². The lowest BCUT2D eigenvalue weighted by Crippen LogP contribution is -1.97. The molecule has 1 aromatic heterocycles. The van der Waals surface area contributed by atoms with E-state index in [9.17, 15) is 4.39 Å². The van der Waals surface area contributed by atoms with Crippen LogP contribution in [-0.2, 0) is 6.54 Å². The molecular weight excluding hydrogens is 249 g/mol. The highest BCUT2D eigenvalue weighted by molar-refractivity contribution is 6.31. The van der Waals surface area contributed by atoms with Gasteiger partial charge in [0.15, 0.2) is 0 Å². The van der Waals surface area contributed by atoms with Crippen LogP contribution in [0.3, 0.4) is 0 Å². The number of halogens is 2. The molecule has 3 rings (SSSR count). The van der Waals surface area contributed by atoms with Crippen LogP contribution in [0.4, 0.5) is 4.39 Å². The topological polar surface area (TPSA) is 4.93 Å². The van der Waals surface area contributed by atoms with E-state index < -0.39 is 0 Å². The van der Waals surface area contributed by atoms with Crippen LogP contribution in [0.15, 0.2) is 48.7 Å². The van der Waals surface area contributed by atoms with Gasteiger partial charge in [0.2, 0.25) is 0 Å². The van der Waals surface area contributed by atoms with Crippen molar-refractivity contribution in [2.24, 2.45) is 0 Å². The molecule has 2 aromatic carbocycles.